The van der Waals surface area contributed by atoms with E-state index in [-0.39, 0.29) is 0 Å². The van der Waals surface area contributed by atoms with Crippen molar-refractivity contribution in [2.45, 2.75) is 6.10 Å². The van der Waals surface area contributed by atoms with E-state index in [0.717, 1.165) is 12.3 Å². The van der Waals surface area contributed by atoms with Crippen LogP contribution >= 0.6 is 11.8 Å². The molecule has 0 heterocycles. The summed E-state index contributed by atoms with van der Waals surface area (Å²) >= 11 is 1.81. The van der Waals surface area contributed by atoms with Crippen molar-refractivity contribution in [2.24, 2.45) is 0 Å². The van der Waals surface area contributed by atoms with Gasteiger partial charge in [-0.25, -0.2) is 0 Å². The zero-order valence-electron chi connectivity index (χ0n) is 9.94. The summed E-state index contributed by atoms with van der Waals surface area (Å²) in [5.41, 5.74) is 0. The molecule has 0 rings (SSSR count). The fourth-order valence-electron chi connectivity index (χ4n) is 1.11. The standard InChI is InChI=1S/C10H23NO3S/c1-11(4-7-15-3)8-10(12)9-14-6-5-13-2/h10,12H,4-9H2,1-3H3. The second-order valence-electron chi connectivity index (χ2n) is 3.48. The van der Waals surface area contributed by atoms with Crippen LogP contribution in [0, 0.1) is 0 Å². The lowest BCUT2D eigenvalue weighted by Crippen LogP contribution is -2.33. The molecule has 0 aliphatic rings. The third-order valence-corrected chi connectivity index (χ3v) is 2.53. The Hall–Kier alpha value is 0.190. The number of likely N-dealkylation sites (N-methyl/N-ethyl adjacent to an activating group) is 1. The van der Waals surface area contributed by atoms with Crippen molar-refractivity contribution in [1.82, 2.24) is 4.90 Å². The average molecular weight is 237 g/mol. The van der Waals surface area contributed by atoms with Crippen LogP contribution in [0.15, 0.2) is 0 Å². The van der Waals surface area contributed by atoms with Crippen LogP contribution in [0.1, 0.15) is 0 Å². The largest absolute Gasteiger partial charge is 0.389 e. The molecule has 0 saturated heterocycles. The van der Waals surface area contributed by atoms with Gasteiger partial charge in [-0.3, -0.25) is 0 Å². The monoisotopic (exact) mass is 237 g/mol. The summed E-state index contributed by atoms with van der Waals surface area (Å²) in [5.74, 6) is 1.09. The van der Waals surface area contributed by atoms with Crippen LogP contribution in [0.2, 0.25) is 0 Å². The maximum absolute atomic E-state index is 9.60. The number of hydrogen-bond acceptors (Lipinski definition) is 5. The van der Waals surface area contributed by atoms with Gasteiger partial charge in [0, 0.05) is 26.0 Å². The highest BCUT2D eigenvalue weighted by Crippen LogP contribution is 1.95. The van der Waals surface area contributed by atoms with Crippen molar-refractivity contribution >= 4 is 11.8 Å². The quantitative estimate of drug-likeness (QED) is 0.554. The van der Waals surface area contributed by atoms with E-state index >= 15 is 0 Å². The molecule has 1 atom stereocenters. The number of thioether (sulfide) groups is 1. The van der Waals surface area contributed by atoms with E-state index in [1.54, 1.807) is 7.11 Å². The van der Waals surface area contributed by atoms with Gasteiger partial charge in [0.2, 0.25) is 0 Å². The Morgan fingerprint density at radius 3 is 2.73 bits per heavy atom. The number of aliphatic hydroxyl groups is 1. The first-order chi connectivity index (χ1) is 7.20. The Balaban J connectivity index is 3.33. The van der Waals surface area contributed by atoms with Gasteiger partial charge < -0.3 is 19.5 Å². The van der Waals surface area contributed by atoms with Gasteiger partial charge in [0.05, 0.1) is 25.9 Å². The van der Waals surface area contributed by atoms with Gasteiger partial charge >= 0.3 is 0 Å². The van der Waals surface area contributed by atoms with Crippen LogP contribution in [0.25, 0.3) is 0 Å². The molecule has 1 N–H and O–H groups in total. The zero-order chi connectivity index (χ0) is 11.5. The molecule has 0 spiro atoms. The van der Waals surface area contributed by atoms with E-state index in [2.05, 4.69) is 11.2 Å². The Morgan fingerprint density at radius 1 is 1.40 bits per heavy atom. The van der Waals surface area contributed by atoms with Gasteiger partial charge in [0.25, 0.3) is 0 Å². The average Bonchev–Trinajstić information content (AvgIpc) is 2.21. The van der Waals surface area contributed by atoms with Crippen LogP contribution < -0.4 is 0 Å². The third kappa shape index (κ3) is 10.5. The minimum absolute atomic E-state index is 0.382. The first-order valence-corrected chi connectivity index (χ1v) is 6.52. The number of aliphatic hydroxyl groups excluding tert-OH is 1. The summed E-state index contributed by atoms with van der Waals surface area (Å²) in [6.07, 6.45) is 1.67. The molecular formula is C10H23NO3S. The van der Waals surface area contributed by atoms with Crippen molar-refractivity contribution in [3.8, 4) is 0 Å². The summed E-state index contributed by atoms with van der Waals surface area (Å²) in [6.45, 7) is 3.16. The molecular weight excluding hydrogens is 214 g/mol. The second kappa shape index (κ2) is 10.7. The van der Waals surface area contributed by atoms with E-state index < -0.39 is 6.10 Å². The van der Waals surface area contributed by atoms with Gasteiger partial charge in [0.15, 0.2) is 0 Å². The Bertz CT molecular complexity index is 138. The molecule has 0 fully saturated rings. The number of methoxy groups -OCH3 is 1. The fourth-order valence-corrected chi connectivity index (χ4v) is 1.61. The van der Waals surface area contributed by atoms with E-state index in [4.69, 9.17) is 9.47 Å². The normalized spacial score (nSPS) is 13.4. The molecule has 0 bridgehead atoms. The Labute approximate surface area is 96.9 Å². The van der Waals surface area contributed by atoms with Gasteiger partial charge in [-0.1, -0.05) is 0 Å². The Morgan fingerprint density at radius 2 is 2.13 bits per heavy atom. The molecule has 0 aromatic rings. The predicted octanol–water partition coefficient (Wildman–Crippen LogP) is 0.305. The highest BCUT2D eigenvalue weighted by atomic mass is 32.2. The van der Waals surface area contributed by atoms with E-state index in [9.17, 15) is 5.11 Å². The molecule has 0 aliphatic carbocycles. The molecule has 1 unspecified atom stereocenters. The number of rotatable bonds is 10. The van der Waals surface area contributed by atoms with Crippen molar-refractivity contribution in [3.05, 3.63) is 0 Å². The lowest BCUT2D eigenvalue weighted by molar-refractivity contribution is 0.00300. The summed E-state index contributed by atoms with van der Waals surface area (Å²) in [4.78, 5) is 2.11. The molecule has 0 saturated carbocycles. The van der Waals surface area contributed by atoms with Gasteiger partial charge in [-0.2, -0.15) is 11.8 Å². The lowest BCUT2D eigenvalue weighted by atomic mass is 10.3. The molecule has 92 valence electrons. The Kier molecular flexibility index (Phi) is 10.8. The second-order valence-corrected chi connectivity index (χ2v) is 4.46. The highest BCUT2D eigenvalue weighted by Gasteiger charge is 2.07. The van der Waals surface area contributed by atoms with E-state index in [0.29, 0.717) is 26.4 Å². The van der Waals surface area contributed by atoms with Crippen LogP contribution in [0.4, 0.5) is 0 Å². The van der Waals surface area contributed by atoms with Crippen molar-refractivity contribution in [1.29, 1.82) is 0 Å². The minimum atomic E-state index is -0.409. The molecule has 15 heavy (non-hydrogen) atoms. The van der Waals surface area contributed by atoms with E-state index in [1.807, 2.05) is 18.8 Å². The maximum atomic E-state index is 9.60. The van der Waals surface area contributed by atoms with Crippen LogP contribution in [-0.2, 0) is 9.47 Å². The summed E-state index contributed by atoms with van der Waals surface area (Å²) in [7, 11) is 3.64. The molecule has 0 aromatic carbocycles. The van der Waals surface area contributed by atoms with Crippen molar-refractivity contribution in [2.75, 3.05) is 59.1 Å². The smallest absolute Gasteiger partial charge is 0.0900 e. The molecule has 0 aliphatic heterocycles. The molecule has 0 amide bonds. The van der Waals surface area contributed by atoms with Crippen LogP contribution in [0.5, 0.6) is 0 Å². The van der Waals surface area contributed by atoms with Gasteiger partial charge in [0.1, 0.15) is 0 Å². The van der Waals surface area contributed by atoms with Crippen LogP contribution in [0.3, 0.4) is 0 Å². The first kappa shape index (κ1) is 15.2. The van der Waals surface area contributed by atoms with Crippen LogP contribution in [-0.4, -0.2) is 75.2 Å². The van der Waals surface area contributed by atoms with Gasteiger partial charge in [-0.15, -0.1) is 0 Å². The van der Waals surface area contributed by atoms with E-state index in [1.165, 1.54) is 0 Å². The minimum Gasteiger partial charge on any atom is -0.389 e. The molecule has 5 heteroatoms. The molecule has 0 aromatic heterocycles. The SMILES string of the molecule is COCCOCC(O)CN(C)CCSC. The predicted molar refractivity (Wildman–Crippen MR) is 64.6 cm³/mol. The molecule has 4 nitrogen and oxygen atoms in total. The van der Waals surface area contributed by atoms with Crippen molar-refractivity contribution in [3.63, 3.8) is 0 Å². The number of nitrogens with zero attached hydrogens (tertiary/aromatic N) is 1. The van der Waals surface area contributed by atoms with Gasteiger partial charge in [-0.05, 0) is 13.3 Å². The first-order valence-electron chi connectivity index (χ1n) is 5.13. The topological polar surface area (TPSA) is 41.9 Å². The summed E-state index contributed by atoms with van der Waals surface area (Å²) in [5, 5.41) is 9.60. The number of ether oxygens (including phenoxy) is 2. The van der Waals surface area contributed by atoms with Crippen molar-refractivity contribution < 1.29 is 14.6 Å². The zero-order valence-corrected chi connectivity index (χ0v) is 10.8. The highest BCUT2D eigenvalue weighted by molar-refractivity contribution is 7.98. The maximum Gasteiger partial charge on any atom is 0.0900 e. The third-order valence-electron chi connectivity index (χ3n) is 1.94. The fraction of sp³-hybridized carbons (Fsp3) is 1.00. The summed E-state index contributed by atoms with van der Waals surface area (Å²) in [6, 6.07) is 0. The lowest BCUT2D eigenvalue weighted by Gasteiger charge is -2.19. The summed E-state index contributed by atoms with van der Waals surface area (Å²) < 4.78 is 10.1. The number of hydrogen-bond donors (Lipinski definition) is 1. The molecule has 0 radical (unpaired) electrons.